The number of hydrogen-bond acceptors (Lipinski definition) is 5. The van der Waals surface area contributed by atoms with E-state index in [4.69, 9.17) is 10.8 Å². The number of primary amides is 1. The van der Waals surface area contributed by atoms with Crippen LogP contribution >= 0.6 is 0 Å². The molecule has 8 nitrogen and oxygen atoms in total. The van der Waals surface area contributed by atoms with E-state index in [2.05, 4.69) is 10.2 Å². The molecule has 4 rings (SSSR count). The number of likely N-dealkylation sites (tertiary alicyclic amines) is 1. The van der Waals surface area contributed by atoms with Gasteiger partial charge in [0.25, 0.3) is 0 Å². The Bertz CT molecular complexity index is 1150. The smallest absolute Gasteiger partial charge is 0.335 e. The molecule has 0 radical (unpaired) electrons. The molecule has 1 heterocycles. The Kier molecular flexibility index (Phi) is 8.29. The Morgan fingerprint density at radius 2 is 1.78 bits per heavy atom. The number of carboxylic acid groups (broad SMARTS) is 1. The molecule has 2 aromatic rings. The first-order valence-electron chi connectivity index (χ1n) is 13.1. The highest BCUT2D eigenvalue weighted by molar-refractivity contribution is 5.93. The van der Waals surface area contributed by atoms with Crippen molar-refractivity contribution in [1.29, 1.82) is 0 Å². The van der Waals surface area contributed by atoms with Crippen LogP contribution < -0.4 is 11.1 Å². The number of aryl methyl sites for hydroxylation is 1. The fourth-order valence-electron chi connectivity index (χ4n) is 6.07. The molecule has 0 spiro atoms. The average molecular weight is 508 g/mol. The van der Waals surface area contributed by atoms with Crippen LogP contribution in [0.4, 0.5) is 0 Å². The number of nitrogens with one attached hydrogen (secondary N) is 1. The van der Waals surface area contributed by atoms with Gasteiger partial charge in [-0.1, -0.05) is 18.2 Å². The van der Waals surface area contributed by atoms with Crippen LogP contribution in [0.5, 0.6) is 0 Å². The zero-order valence-corrected chi connectivity index (χ0v) is 21.5. The van der Waals surface area contributed by atoms with E-state index in [-0.39, 0.29) is 35.4 Å². The molecule has 2 fully saturated rings. The number of carbonyl (C=O) groups excluding carboxylic acids is 2. The van der Waals surface area contributed by atoms with Gasteiger partial charge in [-0.05, 0) is 105 Å². The normalized spacial score (nSPS) is 24.9. The molecule has 0 aromatic heterocycles. The first kappa shape index (κ1) is 26.8. The Morgan fingerprint density at radius 1 is 1.08 bits per heavy atom. The maximum Gasteiger partial charge on any atom is 0.335 e. The Morgan fingerprint density at radius 3 is 2.43 bits per heavy atom. The SMILES string of the molecule is Cc1cc(C(N)=O)ccc1C1CC(O)CC(CN2CCC[C@@H]2C(=O)N[C@@H](C)c2ccc(C(=O)O)cc2)C1. The van der Waals surface area contributed by atoms with E-state index in [1.54, 1.807) is 30.3 Å². The van der Waals surface area contributed by atoms with Gasteiger partial charge in [0, 0.05) is 12.1 Å². The van der Waals surface area contributed by atoms with Crippen LogP contribution in [0.3, 0.4) is 0 Å². The van der Waals surface area contributed by atoms with Crippen molar-refractivity contribution in [3.8, 4) is 0 Å². The van der Waals surface area contributed by atoms with Crippen LogP contribution in [0.15, 0.2) is 42.5 Å². The second-order valence-corrected chi connectivity index (χ2v) is 10.7. The standard InChI is InChI=1S/C29H37N3O5/c1-17-12-22(27(30)34)9-10-25(17)23-13-19(14-24(33)15-23)16-32-11-3-4-26(32)28(35)31-18(2)20-5-7-21(8-6-20)29(36)37/h5-10,12,18-19,23-24,26,33H,3-4,11,13-16H2,1-2H3,(H2,30,34)(H,31,35)(H,36,37)/t18-,19?,23?,24?,26+/m0/s1. The highest BCUT2D eigenvalue weighted by Gasteiger charge is 2.36. The van der Waals surface area contributed by atoms with Gasteiger partial charge < -0.3 is 21.3 Å². The van der Waals surface area contributed by atoms with Crippen LogP contribution in [-0.2, 0) is 4.79 Å². The van der Waals surface area contributed by atoms with Gasteiger partial charge >= 0.3 is 5.97 Å². The van der Waals surface area contributed by atoms with Gasteiger partial charge in [-0.25, -0.2) is 4.79 Å². The summed E-state index contributed by atoms with van der Waals surface area (Å²) >= 11 is 0. The molecule has 8 heteroatoms. The van der Waals surface area contributed by atoms with Gasteiger partial charge in [-0.3, -0.25) is 14.5 Å². The molecule has 198 valence electrons. The molecule has 5 atom stereocenters. The first-order valence-corrected chi connectivity index (χ1v) is 13.1. The van der Waals surface area contributed by atoms with E-state index in [1.165, 1.54) is 0 Å². The molecule has 3 unspecified atom stereocenters. The number of aliphatic hydroxyl groups is 1. The molecule has 1 saturated carbocycles. The molecular formula is C29H37N3O5. The molecule has 2 aromatic carbocycles. The molecule has 5 N–H and O–H groups in total. The van der Waals surface area contributed by atoms with E-state index in [0.29, 0.717) is 18.4 Å². The Hall–Kier alpha value is -3.23. The molecular weight excluding hydrogens is 470 g/mol. The van der Waals surface area contributed by atoms with E-state index in [0.717, 1.165) is 49.0 Å². The van der Waals surface area contributed by atoms with E-state index in [9.17, 15) is 19.5 Å². The van der Waals surface area contributed by atoms with E-state index >= 15 is 0 Å². The lowest BCUT2D eigenvalue weighted by molar-refractivity contribution is -0.126. The van der Waals surface area contributed by atoms with Crippen LogP contribution in [0.1, 0.15) is 88.4 Å². The van der Waals surface area contributed by atoms with E-state index < -0.39 is 18.0 Å². The average Bonchev–Trinajstić information content (AvgIpc) is 3.31. The number of carbonyl (C=O) groups is 3. The number of rotatable bonds is 8. The summed E-state index contributed by atoms with van der Waals surface area (Å²) in [4.78, 5) is 38.1. The van der Waals surface area contributed by atoms with Gasteiger partial charge in [0.1, 0.15) is 0 Å². The summed E-state index contributed by atoms with van der Waals surface area (Å²) < 4.78 is 0. The summed E-state index contributed by atoms with van der Waals surface area (Å²) in [5.41, 5.74) is 9.15. The minimum absolute atomic E-state index is 0.0156. The molecule has 2 amide bonds. The van der Waals surface area contributed by atoms with Crippen LogP contribution in [0.2, 0.25) is 0 Å². The zero-order chi connectivity index (χ0) is 26.7. The van der Waals surface area contributed by atoms with Crippen molar-refractivity contribution in [2.24, 2.45) is 11.7 Å². The highest BCUT2D eigenvalue weighted by atomic mass is 16.4. The predicted octanol–water partition coefficient (Wildman–Crippen LogP) is 3.38. The molecule has 1 saturated heterocycles. The predicted molar refractivity (Wildman–Crippen MR) is 140 cm³/mol. The topological polar surface area (TPSA) is 133 Å². The number of aliphatic hydroxyl groups excluding tert-OH is 1. The Balaban J connectivity index is 1.38. The fraction of sp³-hybridized carbons (Fsp3) is 0.483. The Labute approximate surface area is 217 Å². The minimum Gasteiger partial charge on any atom is -0.478 e. The quantitative estimate of drug-likeness (QED) is 0.433. The van der Waals surface area contributed by atoms with Gasteiger partial charge in [0.2, 0.25) is 11.8 Å². The van der Waals surface area contributed by atoms with E-state index in [1.807, 2.05) is 26.0 Å². The van der Waals surface area contributed by atoms with Gasteiger partial charge in [0.15, 0.2) is 0 Å². The van der Waals surface area contributed by atoms with Gasteiger partial charge in [-0.2, -0.15) is 0 Å². The van der Waals surface area contributed by atoms with Crippen molar-refractivity contribution < 1.29 is 24.6 Å². The zero-order valence-electron chi connectivity index (χ0n) is 21.5. The highest BCUT2D eigenvalue weighted by Crippen LogP contribution is 2.39. The number of amides is 2. The van der Waals surface area contributed by atoms with Gasteiger partial charge in [0.05, 0.1) is 23.8 Å². The third kappa shape index (κ3) is 6.37. The molecule has 1 aliphatic heterocycles. The van der Waals surface area contributed by atoms with Crippen molar-refractivity contribution >= 4 is 17.8 Å². The molecule has 2 aliphatic rings. The largest absolute Gasteiger partial charge is 0.478 e. The summed E-state index contributed by atoms with van der Waals surface area (Å²) in [7, 11) is 0. The third-order valence-corrected chi connectivity index (χ3v) is 7.95. The van der Waals surface area contributed by atoms with Crippen LogP contribution in [0, 0.1) is 12.8 Å². The molecule has 1 aliphatic carbocycles. The summed E-state index contributed by atoms with van der Waals surface area (Å²) in [6.07, 6.45) is 3.67. The summed E-state index contributed by atoms with van der Waals surface area (Å²) in [5, 5.41) is 22.9. The fourth-order valence-corrected chi connectivity index (χ4v) is 6.07. The second kappa shape index (κ2) is 11.4. The van der Waals surface area contributed by atoms with Crippen molar-refractivity contribution in [2.75, 3.05) is 13.1 Å². The minimum atomic E-state index is -0.974. The number of nitrogens with two attached hydrogens (primary N) is 1. The number of hydrogen-bond donors (Lipinski definition) is 4. The number of benzene rings is 2. The monoisotopic (exact) mass is 507 g/mol. The molecule has 37 heavy (non-hydrogen) atoms. The van der Waals surface area contributed by atoms with Crippen molar-refractivity contribution in [3.05, 3.63) is 70.3 Å². The van der Waals surface area contributed by atoms with Crippen molar-refractivity contribution in [1.82, 2.24) is 10.2 Å². The number of carboxylic acids is 1. The van der Waals surface area contributed by atoms with Crippen molar-refractivity contribution in [3.63, 3.8) is 0 Å². The lowest BCUT2D eigenvalue weighted by atomic mass is 9.75. The van der Waals surface area contributed by atoms with Gasteiger partial charge in [-0.15, -0.1) is 0 Å². The van der Waals surface area contributed by atoms with Crippen LogP contribution in [-0.4, -0.2) is 58.1 Å². The first-order chi connectivity index (χ1) is 17.6. The maximum absolute atomic E-state index is 13.2. The number of nitrogens with zero attached hydrogens (tertiary/aromatic N) is 1. The molecule has 0 bridgehead atoms. The maximum atomic E-state index is 13.2. The second-order valence-electron chi connectivity index (χ2n) is 10.7. The number of aromatic carboxylic acids is 1. The summed E-state index contributed by atoms with van der Waals surface area (Å²) in [5.74, 6) is -0.977. The van der Waals surface area contributed by atoms with Crippen LogP contribution in [0.25, 0.3) is 0 Å². The summed E-state index contributed by atoms with van der Waals surface area (Å²) in [6, 6.07) is 11.7. The third-order valence-electron chi connectivity index (χ3n) is 7.95. The summed E-state index contributed by atoms with van der Waals surface area (Å²) in [6.45, 7) is 5.49. The lowest BCUT2D eigenvalue weighted by Gasteiger charge is -2.37. The lowest BCUT2D eigenvalue weighted by Crippen LogP contribution is -2.46. The van der Waals surface area contributed by atoms with Crippen molar-refractivity contribution in [2.45, 2.75) is 70.1 Å².